The highest BCUT2D eigenvalue weighted by Crippen LogP contribution is 2.36. The van der Waals surface area contributed by atoms with Crippen molar-refractivity contribution in [3.05, 3.63) is 47.4 Å². The third kappa shape index (κ3) is 2.54. The van der Waals surface area contributed by atoms with E-state index < -0.39 is 0 Å². The number of benzene rings is 1. The molecule has 0 fully saturated rings. The Balaban J connectivity index is 2.15. The second-order valence-corrected chi connectivity index (χ2v) is 5.07. The lowest BCUT2D eigenvalue weighted by Gasteiger charge is -2.28. The number of methoxy groups -OCH3 is 2. The van der Waals surface area contributed by atoms with Gasteiger partial charge in [0.25, 0.3) is 0 Å². The summed E-state index contributed by atoms with van der Waals surface area (Å²) in [6, 6.07) is 7.15. The number of nitrogens with one attached hydrogen (secondary N) is 1. The molecule has 1 aromatic heterocycles. The molecule has 2 aromatic rings. The van der Waals surface area contributed by atoms with E-state index in [4.69, 9.17) is 9.47 Å². The zero-order valence-corrected chi connectivity index (χ0v) is 13.2. The van der Waals surface area contributed by atoms with Gasteiger partial charge in [0, 0.05) is 5.70 Å². The van der Waals surface area contributed by atoms with E-state index in [0.717, 1.165) is 17.0 Å². The molecule has 2 heterocycles. The van der Waals surface area contributed by atoms with Crippen LogP contribution in [0, 0.1) is 0 Å². The summed E-state index contributed by atoms with van der Waals surface area (Å²) in [7, 11) is 2.99. The Bertz CT molecular complexity index is 749. The topological polar surface area (TPSA) is 78.3 Å². The Morgan fingerprint density at radius 1 is 1.30 bits per heavy atom. The molecular formula is C16H18N4O3. The maximum atomic E-state index is 12.4. The summed E-state index contributed by atoms with van der Waals surface area (Å²) in [6.07, 6.45) is 2.12. The molecule has 0 saturated heterocycles. The Labute approximate surface area is 133 Å². The molecular weight excluding hydrogens is 296 g/mol. The molecule has 23 heavy (non-hydrogen) atoms. The Kier molecular flexibility index (Phi) is 4.01. The molecule has 0 bridgehead atoms. The first-order valence-corrected chi connectivity index (χ1v) is 7.31. The van der Waals surface area contributed by atoms with Crippen LogP contribution in [0.1, 0.15) is 24.9 Å². The fraction of sp³-hybridized carbons (Fsp3) is 0.312. The molecule has 7 heteroatoms. The average Bonchev–Trinajstić information content (AvgIpc) is 3.07. The van der Waals surface area contributed by atoms with Gasteiger partial charge in [0.2, 0.25) is 5.95 Å². The number of fused-ring (bicyclic) bond motifs is 1. The summed E-state index contributed by atoms with van der Waals surface area (Å²) in [6.45, 7) is 1.97. The maximum Gasteiger partial charge on any atom is 0.338 e. The normalized spacial score (nSPS) is 16.6. The third-order valence-electron chi connectivity index (χ3n) is 3.87. The minimum Gasteiger partial charge on any atom is -0.497 e. The summed E-state index contributed by atoms with van der Waals surface area (Å²) in [4.78, 5) is 16.6. The molecule has 0 spiro atoms. The second kappa shape index (κ2) is 6.12. The van der Waals surface area contributed by atoms with Crippen molar-refractivity contribution in [3.8, 4) is 5.75 Å². The summed E-state index contributed by atoms with van der Waals surface area (Å²) in [5, 5.41) is 7.42. The van der Waals surface area contributed by atoms with Crippen molar-refractivity contribution in [1.29, 1.82) is 0 Å². The number of allylic oxidation sites excluding steroid dienone is 1. The molecule has 0 aliphatic carbocycles. The number of esters is 1. The zero-order chi connectivity index (χ0) is 16.4. The molecule has 1 aliphatic rings. The fourth-order valence-corrected chi connectivity index (χ4v) is 2.74. The molecule has 0 unspecified atom stereocenters. The lowest BCUT2D eigenvalue weighted by Crippen LogP contribution is -2.29. The summed E-state index contributed by atoms with van der Waals surface area (Å²) >= 11 is 0. The van der Waals surface area contributed by atoms with Gasteiger partial charge < -0.3 is 14.8 Å². The van der Waals surface area contributed by atoms with E-state index in [1.807, 2.05) is 31.2 Å². The number of aromatic nitrogens is 3. The van der Waals surface area contributed by atoms with Gasteiger partial charge in [0.15, 0.2) is 0 Å². The van der Waals surface area contributed by atoms with Crippen LogP contribution in [0.2, 0.25) is 0 Å². The monoisotopic (exact) mass is 314 g/mol. The quantitative estimate of drug-likeness (QED) is 0.871. The fourth-order valence-electron chi connectivity index (χ4n) is 2.74. The molecule has 120 valence electrons. The van der Waals surface area contributed by atoms with E-state index in [9.17, 15) is 4.79 Å². The number of nitrogens with zero attached hydrogens (tertiary/aromatic N) is 3. The molecule has 1 aliphatic heterocycles. The first kappa shape index (κ1) is 15.1. The first-order chi connectivity index (χ1) is 11.2. The lowest BCUT2D eigenvalue weighted by molar-refractivity contribution is -0.136. The van der Waals surface area contributed by atoms with E-state index in [2.05, 4.69) is 15.4 Å². The van der Waals surface area contributed by atoms with Crippen LogP contribution in [0.4, 0.5) is 5.95 Å². The van der Waals surface area contributed by atoms with E-state index in [1.165, 1.54) is 13.4 Å². The van der Waals surface area contributed by atoms with Crippen LogP contribution in [-0.4, -0.2) is 35.0 Å². The molecule has 1 aromatic carbocycles. The van der Waals surface area contributed by atoms with Crippen LogP contribution in [-0.2, 0) is 9.53 Å². The van der Waals surface area contributed by atoms with Gasteiger partial charge in [-0.05, 0) is 24.1 Å². The van der Waals surface area contributed by atoms with Crippen LogP contribution in [0.5, 0.6) is 5.75 Å². The van der Waals surface area contributed by atoms with Crippen LogP contribution in [0.25, 0.3) is 0 Å². The van der Waals surface area contributed by atoms with Gasteiger partial charge in [-0.2, -0.15) is 10.1 Å². The molecule has 3 rings (SSSR count). The minimum absolute atomic E-state index is 0.378. The highest BCUT2D eigenvalue weighted by atomic mass is 16.5. The number of hydrogen-bond acceptors (Lipinski definition) is 6. The SMILES string of the molecule is CCC1=C(C(=O)OC)[C@@H](c2ccc(OC)cc2)n2ncnc2N1. The van der Waals surface area contributed by atoms with Crippen molar-refractivity contribution in [3.63, 3.8) is 0 Å². The van der Waals surface area contributed by atoms with Gasteiger partial charge in [0.1, 0.15) is 18.1 Å². The van der Waals surface area contributed by atoms with Crippen LogP contribution in [0.15, 0.2) is 41.9 Å². The predicted octanol–water partition coefficient (Wildman–Crippen LogP) is 2.14. The van der Waals surface area contributed by atoms with Gasteiger partial charge in [-0.15, -0.1) is 0 Å². The molecule has 0 radical (unpaired) electrons. The largest absolute Gasteiger partial charge is 0.497 e. The summed E-state index contributed by atoms with van der Waals surface area (Å²) in [5.41, 5.74) is 2.24. The van der Waals surface area contributed by atoms with Crippen molar-refractivity contribution in [2.24, 2.45) is 0 Å². The number of hydrogen-bond donors (Lipinski definition) is 1. The molecule has 1 atom stereocenters. The van der Waals surface area contributed by atoms with Gasteiger partial charge in [-0.1, -0.05) is 19.1 Å². The minimum atomic E-state index is -0.387. The number of rotatable bonds is 4. The van der Waals surface area contributed by atoms with Crippen molar-refractivity contribution in [2.45, 2.75) is 19.4 Å². The van der Waals surface area contributed by atoms with E-state index in [1.54, 1.807) is 11.8 Å². The average molecular weight is 314 g/mol. The lowest BCUT2D eigenvalue weighted by atomic mass is 9.94. The zero-order valence-electron chi connectivity index (χ0n) is 13.2. The summed E-state index contributed by atoms with van der Waals surface area (Å²) < 4.78 is 11.9. The van der Waals surface area contributed by atoms with Gasteiger partial charge in [-0.3, -0.25) is 0 Å². The highest BCUT2D eigenvalue weighted by Gasteiger charge is 2.34. The van der Waals surface area contributed by atoms with Gasteiger partial charge in [0.05, 0.1) is 19.8 Å². The Hall–Kier alpha value is -2.83. The summed E-state index contributed by atoms with van der Waals surface area (Å²) in [5.74, 6) is 0.979. The van der Waals surface area contributed by atoms with Gasteiger partial charge in [-0.25, -0.2) is 9.48 Å². The number of carbonyl (C=O) groups excluding carboxylic acids is 1. The van der Waals surface area contributed by atoms with Crippen LogP contribution >= 0.6 is 0 Å². The van der Waals surface area contributed by atoms with E-state index in [0.29, 0.717) is 17.9 Å². The maximum absolute atomic E-state index is 12.4. The van der Waals surface area contributed by atoms with Crippen molar-refractivity contribution >= 4 is 11.9 Å². The number of ether oxygens (including phenoxy) is 2. The van der Waals surface area contributed by atoms with Crippen molar-refractivity contribution in [1.82, 2.24) is 14.8 Å². The second-order valence-electron chi connectivity index (χ2n) is 5.07. The molecule has 0 amide bonds. The first-order valence-electron chi connectivity index (χ1n) is 7.31. The highest BCUT2D eigenvalue weighted by molar-refractivity contribution is 5.92. The predicted molar refractivity (Wildman–Crippen MR) is 84.1 cm³/mol. The number of anilines is 1. The molecule has 0 saturated carbocycles. The Morgan fingerprint density at radius 2 is 2.04 bits per heavy atom. The van der Waals surface area contributed by atoms with Crippen LogP contribution in [0.3, 0.4) is 0 Å². The van der Waals surface area contributed by atoms with E-state index >= 15 is 0 Å². The smallest absolute Gasteiger partial charge is 0.338 e. The number of carbonyl (C=O) groups is 1. The van der Waals surface area contributed by atoms with Crippen LogP contribution < -0.4 is 10.1 Å². The van der Waals surface area contributed by atoms with Crippen molar-refractivity contribution in [2.75, 3.05) is 19.5 Å². The van der Waals surface area contributed by atoms with E-state index in [-0.39, 0.29) is 12.0 Å². The van der Waals surface area contributed by atoms with Crippen molar-refractivity contribution < 1.29 is 14.3 Å². The molecule has 7 nitrogen and oxygen atoms in total. The van der Waals surface area contributed by atoms with Gasteiger partial charge >= 0.3 is 5.97 Å². The Morgan fingerprint density at radius 3 is 2.65 bits per heavy atom. The third-order valence-corrected chi connectivity index (χ3v) is 3.87. The standard InChI is InChI=1S/C16H18N4O3/c1-4-12-13(15(21)23-3)14(20-16(19-12)17-9-18-20)10-5-7-11(22-2)8-6-10/h5-9,14H,4H2,1-3H3,(H,17,18,19)/t14-/m1/s1. The molecule has 1 N–H and O–H groups in total.